The van der Waals surface area contributed by atoms with Gasteiger partial charge in [-0.3, -0.25) is 4.79 Å². The number of aliphatic hydroxyl groups is 1. The predicted octanol–water partition coefficient (Wildman–Crippen LogP) is 2.50. The van der Waals surface area contributed by atoms with E-state index in [4.69, 9.17) is 5.11 Å². The van der Waals surface area contributed by atoms with Gasteiger partial charge in [0.05, 0.1) is 4.90 Å². The van der Waals surface area contributed by atoms with Crippen LogP contribution in [0.3, 0.4) is 0 Å². The maximum atomic E-state index is 13.4. The molecule has 0 amide bonds. The molecule has 1 aromatic rings. The Morgan fingerprint density at radius 1 is 1.44 bits per heavy atom. The van der Waals surface area contributed by atoms with Crippen molar-refractivity contribution in [3.8, 4) is 0 Å². The maximum absolute atomic E-state index is 13.4. The Hall–Kier alpha value is -0.940. The Kier molecular flexibility index (Phi) is 4.89. The van der Waals surface area contributed by atoms with E-state index in [0.717, 1.165) is 23.9 Å². The zero-order valence-corrected chi connectivity index (χ0v) is 9.56. The molecule has 0 bridgehead atoms. The molecule has 5 heteroatoms. The van der Waals surface area contributed by atoms with Crippen LogP contribution < -0.4 is 0 Å². The fraction of sp³-hybridized carbons (Fsp3) is 0.364. The molecule has 16 heavy (non-hydrogen) atoms. The topological polar surface area (TPSA) is 37.3 Å². The number of thioether (sulfide) groups is 1. The van der Waals surface area contributed by atoms with Crippen molar-refractivity contribution in [1.29, 1.82) is 0 Å². The molecule has 0 aromatic heterocycles. The van der Waals surface area contributed by atoms with Crippen LogP contribution in [0, 0.1) is 17.6 Å². The van der Waals surface area contributed by atoms with Crippen LogP contribution in [0.5, 0.6) is 0 Å². The number of hydrogen-bond donors (Lipinski definition) is 1. The highest BCUT2D eigenvalue weighted by atomic mass is 32.2. The molecule has 0 radical (unpaired) electrons. The summed E-state index contributed by atoms with van der Waals surface area (Å²) in [4.78, 5) is 10.3. The summed E-state index contributed by atoms with van der Waals surface area (Å²) >= 11 is 1.000. The van der Waals surface area contributed by atoms with Crippen LogP contribution in [0.15, 0.2) is 17.0 Å². The minimum absolute atomic E-state index is 0.0189. The first-order valence-electron chi connectivity index (χ1n) is 4.76. The summed E-state index contributed by atoms with van der Waals surface area (Å²) in [6.45, 7) is 1.76. The van der Waals surface area contributed by atoms with Crippen LogP contribution in [0.1, 0.15) is 17.3 Å². The first-order chi connectivity index (χ1) is 7.58. The van der Waals surface area contributed by atoms with E-state index in [9.17, 15) is 13.6 Å². The van der Waals surface area contributed by atoms with Crippen LogP contribution in [0.4, 0.5) is 8.78 Å². The Labute approximate surface area is 96.7 Å². The lowest BCUT2D eigenvalue weighted by Crippen LogP contribution is -2.04. The Morgan fingerprint density at radius 3 is 2.44 bits per heavy atom. The number of aliphatic hydroxyl groups excluding tert-OH is 1. The Morgan fingerprint density at radius 2 is 2.00 bits per heavy atom. The lowest BCUT2D eigenvalue weighted by atomic mass is 10.2. The van der Waals surface area contributed by atoms with Gasteiger partial charge < -0.3 is 5.11 Å². The number of carbonyl (C=O) groups is 1. The highest BCUT2D eigenvalue weighted by Crippen LogP contribution is 2.27. The van der Waals surface area contributed by atoms with Crippen LogP contribution >= 0.6 is 11.8 Å². The van der Waals surface area contributed by atoms with Gasteiger partial charge in [0, 0.05) is 17.9 Å². The van der Waals surface area contributed by atoms with Gasteiger partial charge in [-0.05, 0) is 18.1 Å². The van der Waals surface area contributed by atoms with E-state index >= 15 is 0 Å². The molecule has 0 fully saturated rings. The molecule has 0 spiro atoms. The molecule has 0 aliphatic heterocycles. The lowest BCUT2D eigenvalue weighted by Gasteiger charge is -2.09. The van der Waals surface area contributed by atoms with Crippen LogP contribution in [-0.4, -0.2) is 23.8 Å². The molecule has 0 aliphatic carbocycles. The normalized spacial score (nSPS) is 12.5. The zero-order valence-electron chi connectivity index (χ0n) is 8.74. The zero-order chi connectivity index (χ0) is 12.1. The second-order valence-electron chi connectivity index (χ2n) is 3.53. The molecule has 0 saturated carbocycles. The second-order valence-corrected chi connectivity index (χ2v) is 4.56. The third-order valence-corrected chi connectivity index (χ3v) is 3.39. The lowest BCUT2D eigenvalue weighted by molar-refractivity contribution is 0.112. The summed E-state index contributed by atoms with van der Waals surface area (Å²) in [5.74, 6) is -1.09. The van der Waals surface area contributed by atoms with E-state index in [0.29, 0.717) is 12.0 Å². The third-order valence-electron chi connectivity index (χ3n) is 1.98. The Bertz CT molecular complexity index is 359. The van der Waals surface area contributed by atoms with Crippen molar-refractivity contribution in [3.05, 3.63) is 29.3 Å². The number of aldehydes is 1. The molecule has 0 aliphatic rings. The van der Waals surface area contributed by atoms with Crippen LogP contribution in [0.2, 0.25) is 0 Å². The monoisotopic (exact) mass is 246 g/mol. The third kappa shape index (κ3) is 3.28. The van der Waals surface area contributed by atoms with Gasteiger partial charge >= 0.3 is 0 Å². The highest BCUT2D eigenvalue weighted by molar-refractivity contribution is 7.99. The van der Waals surface area contributed by atoms with Gasteiger partial charge in [-0.2, -0.15) is 0 Å². The van der Waals surface area contributed by atoms with Crippen LogP contribution in [0.25, 0.3) is 0 Å². The fourth-order valence-electron chi connectivity index (χ4n) is 1.06. The van der Waals surface area contributed by atoms with Gasteiger partial charge in [0.25, 0.3) is 0 Å². The second kappa shape index (κ2) is 5.96. The van der Waals surface area contributed by atoms with E-state index in [1.807, 2.05) is 0 Å². The molecule has 0 saturated heterocycles. The number of hydrogen-bond acceptors (Lipinski definition) is 3. The molecule has 1 atom stereocenters. The smallest absolute Gasteiger partial charge is 0.150 e. The van der Waals surface area contributed by atoms with Crippen molar-refractivity contribution in [2.45, 2.75) is 11.8 Å². The van der Waals surface area contributed by atoms with Gasteiger partial charge in [0.15, 0.2) is 0 Å². The summed E-state index contributed by atoms with van der Waals surface area (Å²) in [7, 11) is 0. The summed E-state index contributed by atoms with van der Waals surface area (Å²) in [6.07, 6.45) is 0.400. The van der Waals surface area contributed by atoms with E-state index in [1.165, 1.54) is 0 Å². The summed E-state index contributed by atoms with van der Waals surface area (Å²) in [5, 5.41) is 8.79. The molecule has 1 rings (SSSR count). The van der Waals surface area contributed by atoms with E-state index in [1.54, 1.807) is 6.92 Å². The van der Waals surface area contributed by atoms with E-state index < -0.39 is 11.6 Å². The first kappa shape index (κ1) is 13.1. The van der Waals surface area contributed by atoms with Crippen molar-refractivity contribution in [2.24, 2.45) is 5.92 Å². The van der Waals surface area contributed by atoms with Crippen molar-refractivity contribution in [3.63, 3.8) is 0 Å². The molecule has 0 heterocycles. The average molecular weight is 246 g/mol. The first-order valence-corrected chi connectivity index (χ1v) is 5.75. The molecule has 1 unspecified atom stereocenters. The summed E-state index contributed by atoms with van der Waals surface area (Å²) < 4.78 is 26.7. The van der Waals surface area contributed by atoms with Crippen molar-refractivity contribution >= 4 is 18.0 Å². The largest absolute Gasteiger partial charge is 0.396 e. The predicted molar refractivity (Wildman–Crippen MR) is 58.7 cm³/mol. The minimum Gasteiger partial charge on any atom is -0.396 e. The number of halogens is 2. The standard InChI is InChI=1S/C11H12F2O2S/c1-7(4-14)6-16-11-9(12)2-8(5-15)3-10(11)13/h2-3,5,7,14H,4,6H2,1H3. The average Bonchev–Trinajstić information content (AvgIpc) is 2.27. The number of benzene rings is 1. The molecular formula is C11H12F2O2S. The molecular weight excluding hydrogens is 234 g/mol. The maximum Gasteiger partial charge on any atom is 0.150 e. The minimum atomic E-state index is -0.739. The van der Waals surface area contributed by atoms with Gasteiger partial charge in [-0.1, -0.05) is 6.92 Å². The van der Waals surface area contributed by atoms with Gasteiger partial charge in [-0.15, -0.1) is 11.8 Å². The summed E-state index contributed by atoms with van der Waals surface area (Å²) in [6, 6.07) is 2.00. The van der Waals surface area contributed by atoms with Crippen molar-refractivity contribution < 1.29 is 18.7 Å². The number of rotatable bonds is 5. The van der Waals surface area contributed by atoms with Gasteiger partial charge in [-0.25, -0.2) is 8.78 Å². The SMILES string of the molecule is CC(CO)CSc1c(F)cc(C=O)cc1F. The Balaban J connectivity index is 2.84. The van der Waals surface area contributed by atoms with Gasteiger partial charge in [0.2, 0.25) is 0 Å². The van der Waals surface area contributed by atoms with Crippen molar-refractivity contribution in [1.82, 2.24) is 0 Å². The van der Waals surface area contributed by atoms with E-state index in [2.05, 4.69) is 0 Å². The fourth-order valence-corrected chi connectivity index (χ4v) is 2.01. The highest BCUT2D eigenvalue weighted by Gasteiger charge is 2.13. The van der Waals surface area contributed by atoms with Crippen molar-refractivity contribution in [2.75, 3.05) is 12.4 Å². The number of carbonyl (C=O) groups excluding carboxylic acids is 1. The molecule has 88 valence electrons. The van der Waals surface area contributed by atoms with Crippen LogP contribution in [-0.2, 0) is 0 Å². The van der Waals surface area contributed by atoms with Gasteiger partial charge in [0.1, 0.15) is 17.9 Å². The van der Waals surface area contributed by atoms with E-state index in [-0.39, 0.29) is 23.0 Å². The summed E-state index contributed by atoms with van der Waals surface area (Å²) in [5.41, 5.74) is -0.0189. The molecule has 1 N–H and O–H groups in total. The quantitative estimate of drug-likeness (QED) is 0.640. The molecule has 1 aromatic carbocycles. The molecule has 2 nitrogen and oxygen atoms in total.